The van der Waals surface area contributed by atoms with Gasteiger partial charge in [-0.15, -0.1) is 0 Å². The summed E-state index contributed by atoms with van der Waals surface area (Å²) in [7, 11) is 1.62. The van der Waals surface area contributed by atoms with Crippen LogP contribution in [0.2, 0.25) is 0 Å². The summed E-state index contributed by atoms with van der Waals surface area (Å²) in [5, 5.41) is 3.45. The number of aromatic nitrogens is 4. The summed E-state index contributed by atoms with van der Waals surface area (Å²) in [6.07, 6.45) is 1.60. The summed E-state index contributed by atoms with van der Waals surface area (Å²) < 4.78 is 31.4. The second kappa shape index (κ2) is 9.26. The first kappa shape index (κ1) is 23.6. The third kappa shape index (κ3) is 4.15. The first-order valence-electron chi connectivity index (χ1n) is 12.6. The molecule has 1 N–H and O–H groups in total. The second-order valence-corrected chi connectivity index (χ2v) is 9.94. The Morgan fingerprint density at radius 2 is 1.62 bits per heavy atom. The van der Waals surface area contributed by atoms with Crippen LogP contribution in [0.4, 0.5) is 14.7 Å². The van der Waals surface area contributed by atoms with Gasteiger partial charge in [-0.3, -0.25) is 13.9 Å². The van der Waals surface area contributed by atoms with Gasteiger partial charge in [0, 0.05) is 39.3 Å². The van der Waals surface area contributed by atoms with Crippen molar-refractivity contribution in [1.82, 2.24) is 24.0 Å². The lowest BCUT2D eigenvalue weighted by Crippen LogP contribution is -2.40. The first-order valence-corrected chi connectivity index (χ1v) is 12.6. The third-order valence-corrected chi connectivity index (χ3v) is 7.71. The van der Waals surface area contributed by atoms with Gasteiger partial charge in [0.2, 0.25) is 5.95 Å². The third-order valence-electron chi connectivity index (χ3n) is 7.71. The number of fused-ring (bicyclic) bond motifs is 2. The molecular formula is C27H28F2N6O2. The minimum atomic E-state index is -0.474. The van der Waals surface area contributed by atoms with Crippen LogP contribution in [-0.4, -0.2) is 44.4 Å². The number of imidazole rings is 1. The summed E-state index contributed by atoms with van der Waals surface area (Å²) in [5.41, 5.74) is 1.38. The molecule has 0 bridgehead atoms. The molecule has 192 valence electrons. The van der Waals surface area contributed by atoms with Crippen LogP contribution in [0, 0.1) is 17.6 Å². The Morgan fingerprint density at radius 1 is 0.946 bits per heavy atom. The Hall–Kier alpha value is -3.79. The fourth-order valence-corrected chi connectivity index (χ4v) is 5.69. The fraction of sp³-hybridized carbons (Fsp3) is 0.370. The average molecular weight is 507 g/mol. The van der Waals surface area contributed by atoms with Crippen LogP contribution in [0.15, 0.2) is 58.1 Å². The maximum absolute atomic E-state index is 13.8. The molecule has 0 amide bonds. The zero-order valence-electron chi connectivity index (χ0n) is 20.5. The smallest absolute Gasteiger partial charge is 0.332 e. The van der Waals surface area contributed by atoms with E-state index >= 15 is 0 Å². The summed E-state index contributed by atoms with van der Waals surface area (Å²) >= 11 is 0. The van der Waals surface area contributed by atoms with Crippen LogP contribution >= 0.6 is 0 Å². The van der Waals surface area contributed by atoms with Crippen molar-refractivity contribution in [2.75, 3.05) is 24.5 Å². The monoisotopic (exact) mass is 506 g/mol. The van der Waals surface area contributed by atoms with E-state index in [2.05, 4.69) is 10.2 Å². The van der Waals surface area contributed by atoms with Gasteiger partial charge in [-0.25, -0.2) is 13.6 Å². The Kier molecular flexibility index (Phi) is 5.91. The van der Waals surface area contributed by atoms with Gasteiger partial charge in [0.15, 0.2) is 11.2 Å². The van der Waals surface area contributed by atoms with Gasteiger partial charge < -0.3 is 14.8 Å². The zero-order valence-corrected chi connectivity index (χ0v) is 20.5. The number of hydrogen-bond donors (Lipinski definition) is 1. The number of halogens is 2. The molecule has 6 rings (SSSR count). The van der Waals surface area contributed by atoms with Gasteiger partial charge in [-0.05, 0) is 54.2 Å². The van der Waals surface area contributed by atoms with E-state index in [9.17, 15) is 18.4 Å². The molecule has 2 aromatic carbocycles. The van der Waals surface area contributed by atoms with Crippen molar-refractivity contribution in [2.45, 2.75) is 32.0 Å². The van der Waals surface area contributed by atoms with E-state index in [4.69, 9.17) is 4.98 Å². The highest BCUT2D eigenvalue weighted by Gasteiger charge is 2.40. The lowest BCUT2D eigenvalue weighted by Gasteiger charge is -2.25. The Bertz CT molecular complexity index is 1570. The lowest BCUT2D eigenvalue weighted by atomic mass is 10.1. The summed E-state index contributed by atoms with van der Waals surface area (Å²) in [5.74, 6) is 0.519. The molecule has 8 nitrogen and oxygen atoms in total. The Morgan fingerprint density at radius 3 is 2.32 bits per heavy atom. The Labute approximate surface area is 211 Å². The van der Waals surface area contributed by atoms with Gasteiger partial charge in [-0.2, -0.15) is 4.98 Å². The van der Waals surface area contributed by atoms with E-state index in [0.717, 1.165) is 31.6 Å². The molecule has 2 aliphatic rings. The molecule has 4 aromatic rings. The van der Waals surface area contributed by atoms with Crippen LogP contribution < -0.4 is 21.5 Å². The summed E-state index contributed by atoms with van der Waals surface area (Å²) in [4.78, 5) is 34.2. The number of nitrogens with zero attached hydrogens (tertiary/aromatic N) is 5. The van der Waals surface area contributed by atoms with Crippen LogP contribution in [0.5, 0.6) is 0 Å². The predicted molar refractivity (Wildman–Crippen MR) is 137 cm³/mol. The van der Waals surface area contributed by atoms with Crippen molar-refractivity contribution in [3.63, 3.8) is 0 Å². The quantitative estimate of drug-likeness (QED) is 0.434. The molecule has 37 heavy (non-hydrogen) atoms. The highest BCUT2D eigenvalue weighted by atomic mass is 19.1. The van der Waals surface area contributed by atoms with Crippen LogP contribution in [-0.2, 0) is 26.6 Å². The molecule has 4 heterocycles. The predicted octanol–water partition coefficient (Wildman–Crippen LogP) is 2.26. The van der Waals surface area contributed by atoms with E-state index in [0.29, 0.717) is 41.6 Å². The van der Waals surface area contributed by atoms with Crippen molar-refractivity contribution in [3.05, 3.63) is 92.1 Å². The van der Waals surface area contributed by atoms with Crippen LogP contribution in [0.1, 0.15) is 17.5 Å². The van der Waals surface area contributed by atoms with E-state index in [1.165, 1.54) is 33.4 Å². The maximum Gasteiger partial charge on any atom is 0.332 e. The molecule has 0 saturated carbocycles. The summed E-state index contributed by atoms with van der Waals surface area (Å²) in [6.45, 7) is 3.11. The minimum Gasteiger partial charge on any atom is -0.338 e. The van der Waals surface area contributed by atoms with Crippen molar-refractivity contribution in [2.24, 2.45) is 13.0 Å². The average Bonchev–Trinajstić information content (AvgIpc) is 3.61. The number of anilines is 1. The number of benzene rings is 2. The molecule has 10 heteroatoms. The first-order chi connectivity index (χ1) is 17.9. The molecular weight excluding hydrogens is 478 g/mol. The van der Waals surface area contributed by atoms with Gasteiger partial charge in [0.25, 0.3) is 5.56 Å². The van der Waals surface area contributed by atoms with E-state index < -0.39 is 11.2 Å². The molecule has 2 atom stereocenters. The normalized spacial score (nSPS) is 19.2. The molecule has 0 radical (unpaired) electrons. The molecule has 2 fully saturated rings. The Balaban J connectivity index is 1.49. The minimum absolute atomic E-state index is 0.0263. The van der Waals surface area contributed by atoms with E-state index in [1.807, 2.05) is 4.57 Å². The van der Waals surface area contributed by atoms with E-state index in [1.54, 1.807) is 31.3 Å². The van der Waals surface area contributed by atoms with E-state index in [-0.39, 0.29) is 24.2 Å². The molecule has 2 saturated heterocycles. The van der Waals surface area contributed by atoms with Crippen LogP contribution in [0.3, 0.4) is 0 Å². The second-order valence-electron chi connectivity index (χ2n) is 9.94. The molecule has 2 aliphatic heterocycles. The van der Waals surface area contributed by atoms with Crippen LogP contribution in [0.25, 0.3) is 11.2 Å². The summed E-state index contributed by atoms with van der Waals surface area (Å²) in [6, 6.07) is 12.4. The van der Waals surface area contributed by atoms with Gasteiger partial charge in [0.1, 0.15) is 11.6 Å². The largest absolute Gasteiger partial charge is 0.338 e. The molecule has 2 aromatic heterocycles. The number of hydrogen-bond acceptors (Lipinski definition) is 5. The van der Waals surface area contributed by atoms with Crippen molar-refractivity contribution >= 4 is 17.1 Å². The number of rotatable bonds is 6. The van der Waals surface area contributed by atoms with Gasteiger partial charge in [0.05, 0.1) is 6.54 Å². The van der Waals surface area contributed by atoms with Crippen molar-refractivity contribution < 1.29 is 8.78 Å². The zero-order chi connectivity index (χ0) is 25.7. The fourth-order valence-electron chi connectivity index (χ4n) is 5.69. The van der Waals surface area contributed by atoms with Gasteiger partial charge >= 0.3 is 5.69 Å². The standard InChI is InChI=1S/C27H28F2N6O2/c1-32-24-23(25(36)35(27(32)37)16-18-4-8-21(29)9-5-18)34(12-10-17-2-6-20(28)7-3-17)26(31-24)33-13-11-19-14-30-15-22(19)33/h2-9,19,22,30H,10-16H2,1H3. The maximum atomic E-state index is 13.8. The molecule has 2 unspecified atom stereocenters. The number of aryl methyl sites for hydroxylation is 3. The topological polar surface area (TPSA) is 77.1 Å². The van der Waals surface area contributed by atoms with Gasteiger partial charge in [-0.1, -0.05) is 24.3 Å². The molecule has 0 spiro atoms. The van der Waals surface area contributed by atoms with Crippen molar-refractivity contribution in [1.29, 1.82) is 0 Å². The highest BCUT2D eigenvalue weighted by molar-refractivity contribution is 5.75. The number of nitrogens with one attached hydrogen (secondary N) is 1. The highest BCUT2D eigenvalue weighted by Crippen LogP contribution is 2.33. The van der Waals surface area contributed by atoms with Crippen molar-refractivity contribution in [3.8, 4) is 0 Å². The SMILES string of the molecule is Cn1c(=O)n(Cc2ccc(F)cc2)c(=O)c2c1nc(N1CCC3CNCC31)n2CCc1ccc(F)cc1. The lowest BCUT2D eigenvalue weighted by molar-refractivity contribution is 0.570. The molecule has 0 aliphatic carbocycles.